The number of hydrogen-bond acceptors (Lipinski definition) is 2. The first-order valence-electron chi connectivity index (χ1n) is 4.78. The molecular formula is C12H14O2. The van der Waals surface area contributed by atoms with Crippen molar-refractivity contribution in [2.75, 3.05) is 0 Å². The lowest BCUT2D eigenvalue weighted by atomic mass is 9.94. The van der Waals surface area contributed by atoms with Crippen LogP contribution in [0.2, 0.25) is 0 Å². The molecule has 0 radical (unpaired) electrons. The topological polar surface area (TPSA) is 34.1 Å². The van der Waals surface area contributed by atoms with Gasteiger partial charge in [0.25, 0.3) is 0 Å². The summed E-state index contributed by atoms with van der Waals surface area (Å²) in [5.74, 6) is -0.899. The monoisotopic (exact) mass is 190 g/mol. The quantitative estimate of drug-likeness (QED) is 0.683. The van der Waals surface area contributed by atoms with Gasteiger partial charge in [-0.25, -0.2) is 0 Å². The standard InChI is InChI=1S/C12H14O2/c1-3-11(13)12(14)9(2)10-7-5-4-6-8-10/h4-9H,3H2,1-2H3/t9-/m0/s1. The van der Waals surface area contributed by atoms with Crippen molar-refractivity contribution in [3.05, 3.63) is 35.9 Å². The maximum absolute atomic E-state index is 11.5. The Kier molecular flexibility index (Phi) is 3.57. The molecule has 0 amide bonds. The first-order valence-corrected chi connectivity index (χ1v) is 4.78. The summed E-state index contributed by atoms with van der Waals surface area (Å²) in [7, 11) is 0. The van der Waals surface area contributed by atoms with Crippen LogP contribution < -0.4 is 0 Å². The maximum Gasteiger partial charge on any atom is 0.205 e. The lowest BCUT2D eigenvalue weighted by Crippen LogP contribution is -2.19. The molecule has 0 saturated heterocycles. The number of ketones is 2. The van der Waals surface area contributed by atoms with E-state index in [4.69, 9.17) is 0 Å². The van der Waals surface area contributed by atoms with Gasteiger partial charge in [-0.3, -0.25) is 9.59 Å². The van der Waals surface area contributed by atoms with Crippen molar-refractivity contribution in [2.24, 2.45) is 0 Å². The molecule has 0 aromatic heterocycles. The molecular weight excluding hydrogens is 176 g/mol. The second-order valence-electron chi connectivity index (χ2n) is 3.27. The predicted molar refractivity (Wildman–Crippen MR) is 55.2 cm³/mol. The molecule has 14 heavy (non-hydrogen) atoms. The van der Waals surface area contributed by atoms with Crippen LogP contribution in [0.15, 0.2) is 30.3 Å². The van der Waals surface area contributed by atoms with Gasteiger partial charge in [0.2, 0.25) is 5.78 Å². The zero-order chi connectivity index (χ0) is 10.6. The van der Waals surface area contributed by atoms with E-state index in [1.807, 2.05) is 30.3 Å². The largest absolute Gasteiger partial charge is 0.291 e. The summed E-state index contributed by atoms with van der Waals surface area (Å²) in [6.45, 7) is 3.48. The Balaban J connectivity index is 2.81. The number of hydrogen-bond donors (Lipinski definition) is 0. The Morgan fingerprint density at radius 2 is 1.79 bits per heavy atom. The molecule has 0 N–H and O–H groups in total. The third kappa shape index (κ3) is 2.28. The summed E-state index contributed by atoms with van der Waals surface area (Å²) in [4.78, 5) is 22.7. The normalized spacial score (nSPS) is 12.1. The molecule has 74 valence electrons. The van der Waals surface area contributed by atoms with E-state index in [2.05, 4.69) is 0 Å². The highest BCUT2D eigenvalue weighted by atomic mass is 16.2. The fraction of sp³-hybridized carbons (Fsp3) is 0.333. The molecule has 0 aliphatic carbocycles. The minimum atomic E-state index is -0.316. The van der Waals surface area contributed by atoms with E-state index in [1.54, 1.807) is 13.8 Å². The highest BCUT2D eigenvalue weighted by Crippen LogP contribution is 2.16. The van der Waals surface area contributed by atoms with Gasteiger partial charge in [0.15, 0.2) is 5.78 Å². The second-order valence-corrected chi connectivity index (χ2v) is 3.27. The van der Waals surface area contributed by atoms with Gasteiger partial charge in [0.05, 0.1) is 0 Å². The molecule has 0 aliphatic rings. The Hall–Kier alpha value is -1.44. The van der Waals surface area contributed by atoms with Crippen molar-refractivity contribution >= 4 is 11.6 Å². The van der Waals surface area contributed by atoms with Crippen molar-refractivity contribution in [1.82, 2.24) is 0 Å². The summed E-state index contributed by atoms with van der Waals surface area (Å²) >= 11 is 0. The van der Waals surface area contributed by atoms with Gasteiger partial charge in [-0.2, -0.15) is 0 Å². The van der Waals surface area contributed by atoms with Crippen molar-refractivity contribution in [1.29, 1.82) is 0 Å². The van der Waals surface area contributed by atoms with E-state index >= 15 is 0 Å². The van der Waals surface area contributed by atoms with Crippen LogP contribution in [0.5, 0.6) is 0 Å². The van der Waals surface area contributed by atoms with Crippen molar-refractivity contribution in [2.45, 2.75) is 26.2 Å². The summed E-state index contributed by atoms with van der Waals surface area (Å²) in [6, 6.07) is 9.37. The molecule has 1 aromatic carbocycles. The van der Waals surface area contributed by atoms with Crippen LogP contribution in [-0.4, -0.2) is 11.6 Å². The van der Waals surface area contributed by atoms with Gasteiger partial charge in [-0.05, 0) is 5.56 Å². The Morgan fingerprint density at radius 3 is 2.29 bits per heavy atom. The molecule has 1 rings (SSSR count). The van der Waals surface area contributed by atoms with E-state index in [-0.39, 0.29) is 23.9 Å². The Morgan fingerprint density at radius 1 is 1.21 bits per heavy atom. The average molecular weight is 190 g/mol. The zero-order valence-corrected chi connectivity index (χ0v) is 8.49. The third-order valence-electron chi connectivity index (χ3n) is 2.29. The smallest absolute Gasteiger partial charge is 0.205 e. The Bertz CT molecular complexity index is 327. The molecule has 2 heteroatoms. The molecule has 1 aromatic rings. The lowest BCUT2D eigenvalue weighted by molar-refractivity contribution is -0.137. The van der Waals surface area contributed by atoms with Crippen molar-refractivity contribution < 1.29 is 9.59 Å². The second kappa shape index (κ2) is 4.70. The van der Waals surface area contributed by atoms with Gasteiger partial charge < -0.3 is 0 Å². The van der Waals surface area contributed by atoms with E-state index < -0.39 is 0 Å². The minimum absolute atomic E-state index is 0.288. The molecule has 1 atom stereocenters. The highest BCUT2D eigenvalue weighted by Gasteiger charge is 2.20. The number of Topliss-reactive ketones (excluding diaryl/α,β-unsaturated/α-hetero) is 2. The summed E-state index contributed by atoms with van der Waals surface area (Å²) in [6.07, 6.45) is 0.288. The van der Waals surface area contributed by atoms with Crippen LogP contribution in [0.4, 0.5) is 0 Å². The maximum atomic E-state index is 11.5. The summed E-state index contributed by atoms with van der Waals surface area (Å²) < 4.78 is 0. The van der Waals surface area contributed by atoms with E-state index in [9.17, 15) is 9.59 Å². The zero-order valence-electron chi connectivity index (χ0n) is 8.49. The fourth-order valence-corrected chi connectivity index (χ4v) is 1.31. The average Bonchev–Trinajstić information content (AvgIpc) is 2.27. The molecule has 0 spiro atoms. The Labute approximate surface area is 83.9 Å². The van der Waals surface area contributed by atoms with Crippen LogP contribution in [-0.2, 0) is 9.59 Å². The number of rotatable bonds is 4. The van der Waals surface area contributed by atoms with E-state index in [1.165, 1.54) is 0 Å². The third-order valence-corrected chi connectivity index (χ3v) is 2.29. The van der Waals surface area contributed by atoms with Gasteiger partial charge >= 0.3 is 0 Å². The van der Waals surface area contributed by atoms with Crippen LogP contribution in [0.25, 0.3) is 0 Å². The molecule has 0 bridgehead atoms. The van der Waals surface area contributed by atoms with Crippen molar-refractivity contribution in [3.8, 4) is 0 Å². The summed E-state index contributed by atoms with van der Waals surface area (Å²) in [5, 5.41) is 0. The van der Waals surface area contributed by atoms with Gasteiger partial charge in [-0.15, -0.1) is 0 Å². The van der Waals surface area contributed by atoms with Crippen LogP contribution >= 0.6 is 0 Å². The van der Waals surface area contributed by atoms with E-state index in [0.29, 0.717) is 0 Å². The van der Waals surface area contributed by atoms with Crippen LogP contribution in [0.1, 0.15) is 31.7 Å². The molecule has 0 saturated carbocycles. The van der Waals surface area contributed by atoms with Crippen LogP contribution in [0.3, 0.4) is 0 Å². The first kappa shape index (κ1) is 10.6. The van der Waals surface area contributed by atoms with E-state index in [0.717, 1.165) is 5.56 Å². The molecule has 0 unspecified atom stereocenters. The van der Waals surface area contributed by atoms with Crippen molar-refractivity contribution in [3.63, 3.8) is 0 Å². The number of carbonyl (C=O) groups excluding carboxylic acids is 2. The van der Waals surface area contributed by atoms with Gasteiger partial charge in [0, 0.05) is 12.3 Å². The minimum Gasteiger partial charge on any atom is -0.291 e. The molecule has 0 aliphatic heterocycles. The molecule has 0 fully saturated rings. The number of carbonyl (C=O) groups is 2. The molecule has 0 heterocycles. The fourth-order valence-electron chi connectivity index (χ4n) is 1.31. The predicted octanol–water partition coefficient (Wildman–Crippen LogP) is 2.34. The highest BCUT2D eigenvalue weighted by molar-refractivity contribution is 6.39. The number of benzene rings is 1. The molecule has 2 nitrogen and oxygen atoms in total. The van der Waals surface area contributed by atoms with Gasteiger partial charge in [0.1, 0.15) is 0 Å². The van der Waals surface area contributed by atoms with Crippen LogP contribution in [0, 0.1) is 0 Å². The van der Waals surface area contributed by atoms with Gasteiger partial charge in [-0.1, -0.05) is 44.2 Å². The first-order chi connectivity index (χ1) is 6.66. The SMILES string of the molecule is CCC(=O)C(=O)[C@@H](C)c1ccccc1. The summed E-state index contributed by atoms with van der Waals surface area (Å²) in [5.41, 5.74) is 0.902. The lowest BCUT2D eigenvalue weighted by Gasteiger charge is -2.08.